The summed E-state index contributed by atoms with van der Waals surface area (Å²) in [6.45, 7) is 5.36. The fourth-order valence-corrected chi connectivity index (χ4v) is 4.01. The topological polar surface area (TPSA) is 49.6 Å². The number of halogens is 1. The molecule has 4 nitrogen and oxygen atoms in total. The molecule has 124 valence electrons. The summed E-state index contributed by atoms with van der Waals surface area (Å²) >= 11 is 1.75. The molecule has 2 saturated heterocycles. The highest BCUT2D eigenvalue weighted by atomic mass is 35.5. The normalized spacial score (nSPS) is 25.7. The maximum absolute atomic E-state index is 12.3. The van der Waals surface area contributed by atoms with Crippen molar-refractivity contribution in [2.75, 3.05) is 31.6 Å². The largest absolute Gasteiger partial charge is 0.341 e. The predicted octanol–water partition coefficient (Wildman–Crippen LogP) is 1.96. The molecule has 0 bridgehead atoms. The van der Waals surface area contributed by atoms with Crippen LogP contribution in [0.5, 0.6) is 0 Å². The molecule has 1 amide bonds. The molecule has 0 saturated carbocycles. The smallest absolute Gasteiger partial charge is 0.239 e. The third-order valence-electron chi connectivity index (χ3n) is 4.80. The zero-order valence-corrected chi connectivity index (χ0v) is 14.9. The monoisotopic (exact) mass is 335 g/mol. The van der Waals surface area contributed by atoms with E-state index in [0.29, 0.717) is 6.04 Å². The van der Waals surface area contributed by atoms with E-state index >= 15 is 0 Å². The SMILES string of the molecule is CSCCC(N)C(=O)N1CCC(N2CCCC2C)CC1.Cl. The van der Waals surface area contributed by atoms with Crippen molar-refractivity contribution in [3.05, 3.63) is 0 Å². The van der Waals surface area contributed by atoms with Crippen molar-refractivity contribution in [3.63, 3.8) is 0 Å². The first-order chi connectivity index (χ1) is 9.63. The van der Waals surface area contributed by atoms with Gasteiger partial charge in [-0.15, -0.1) is 12.4 Å². The summed E-state index contributed by atoms with van der Waals surface area (Å²) in [6.07, 6.45) is 7.75. The number of nitrogens with two attached hydrogens (primary N) is 1. The Morgan fingerprint density at radius 3 is 2.48 bits per heavy atom. The molecule has 6 heteroatoms. The number of carbonyl (C=O) groups is 1. The second-order valence-electron chi connectivity index (χ2n) is 6.17. The Hall–Kier alpha value is 0.0300. The Kier molecular flexibility index (Phi) is 8.39. The van der Waals surface area contributed by atoms with Crippen LogP contribution in [0.2, 0.25) is 0 Å². The molecule has 2 heterocycles. The zero-order valence-electron chi connectivity index (χ0n) is 13.3. The zero-order chi connectivity index (χ0) is 14.5. The van der Waals surface area contributed by atoms with E-state index in [1.807, 2.05) is 4.90 Å². The van der Waals surface area contributed by atoms with Crippen LogP contribution in [0.25, 0.3) is 0 Å². The summed E-state index contributed by atoms with van der Waals surface area (Å²) in [5, 5.41) is 0. The lowest BCUT2D eigenvalue weighted by molar-refractivity contribution is -0.134. The van der Waals surface area contributed by atoms with Gasteiger partial charge in [-0.1, -0.05) is 0 Å². The van der Waals surface area contributed by atoms with Crippen molar-refractivity contribution in [1.82, 2.24) is 9.80 Å². The molecule has 0 radical (unpaired) electrons. The molecule has 2 aliphatic rings. The molecule has 2 aliphatic heterocycles. The van der Waals surface area contributed by atoms with E-state index in [9.17, 15) is 4.79 Å². The second-order valence-corrected chi connectivity index (χ2v) is 7.16. The fraction of sp³-hybridized carbons (Fsp3) is 0.933. The van der Waals surface area contributed by atoms with Crippen molar-refractivity contribution in [3.8, 4) is 0 Å². The van der Waals surface area contributed by atoms with E-state index in [1.54, 1.807) is 11.8 Å². The fourth-order valence-electron chi connectivity index (χ4n) is 3.52. The minimum atomic E-state index is -0.301. The van der Waals surface area contributed by atoms with Crippen LogP contribution in [-0.4, -0.2) is 65.5 Å². The predicted molar refractivity (Wildman–Crippen MR) is 93.2 cm³/mol. The van der Waals surface area contributed by atoms with E-state index in [4.69, 9.17) is 5.73 Å². The molecular formula is C15H30ClN3OS. The quantitative estimate of drug-likeness (QED) is 0.834. The van der Waals surface area contributed by atoms with Crippen molar-refractivity contribution in [2.24, 2.45) is 5.73 Å². The van der Waals surface area contributed by atoms with Crippen LogP contribution in [0.15, 0.2) is 0 Å². The number of amides is 1. The highest BCUT2D eigenvalue weighted by Crippen LogP contribution is 2.25. The van der Waals surface area contributed by atoms with Gasteiger partial charge in [-0.05, 0) is 57.6 Å². The van der Waals surface area contributed by atoms with Gasteiger partial charge in [0, 0.05) is 25.2 Å². The molecule has 2 rings (SSSR count). The number of thioether (sulfide) groups is 1. The van der Waals surface area contributed by atoms with Crippen molar-refractivity contribution in [1.29, 1.82) is 0 Å². The number of carbonyl (C=O) groups excluding carboxylic acids is 1. The molecule has 2 unspecified atom stereocenters. The van der Waals surface area contributed by atoms with E-state index in [2.05, 4.69) is 18.1 Å². The highest BCUT2D eigenvalue weighted by Gasteiger charge is 2.32. The summed E-state index contributed by atoms with van der Waals surface area (Å²) in [7, 11) is 0. The van der Waals surface area contributed by atoms with Crippen LogP contribution < -0.4 is 5.73 Å². The molecule has 2 atom stereocenters. The lowest BCUT2D eigenvalue weighted by atomic mass is 10.0. The number of hydrogen-bond donors (Lipinski definition) is 1. The van der Waals surface area contributed by atoms with Gasteiger partial charge in [-0.25, -0.2) is 0 Å². The summed E-state index contributed by atoms with van der Waals surface area (Å²) < 4.78 is 0. The minimum absolute atomic E-state index is 0. The van der Waals surface area contributed by atoms with Gasteiger partial charge in [0.15, 0.2) is 0 Å². The molecule has 0 aromatic heterocycles. The van der Waals surface area contributed by atoms with E-state index in [0.717, 1.165) is 44.1 Å². The van der Waals surface area contributed by atoms with Gasteiger partial charge < -0.3 is 10.6 Å². The third kappa shape index (κ3) is 5.02. The van der Waals surface area contributed by atoms with Gasteiger partial charge in [0.1, 0.15) is 0 Å². The van der Waals surface area contributed by atoms with Gasteiger partial charge in [-0.3, -0.25) is 9.69 Å². The average molecular weight is 336 g/mol. The molecule has 0 aliphatic carbocycles. The maximum atomic E-state index is 12.3. The van der Waals surface area contributed by atoms with Gasteiger partial charge in [0.2, 0.25) is 5.91 Å². The number of nitrogens with zero attached hydrogens (tertiary/aromatic N) is 2. The molecule has 0 spiro atoms. The van der Waals surface area contributed by atoms with Gasteiger partial charge in [-0.2, -0.15) is 11.8 Å². The van der Waals surface area contributed by atoms with Crippen LogP contribution in [0, 0.1) is 0 Å². The minimum Gasteiger partial charge on any atom is -0.341 e. The molecular weight excluding hydrogens is 306 g/mol. The Morgan fingerprint density at radius 1 is 1.29 bits per heavy atom. The van der Waals surface area contributed by atoms with Crippen LogP contribution in [0.1, 0.15) is 39.0 Å². The molecule has 0 aromatic carbocycles. The summed E-state index contributed by atoms with van der Waals surface area (Å²) in [6, 6.07) is 1.11. The lowest BCUT2D eigenvalue weighted by Gasteiger charge is -2.39. The first-order valence-electron chi connectivity index (χ1n) is 7.92. The Balaban J connectivity index is 0.00000220. The van der Waals surface area contributed by atoms with E-state index in [1.165, 1.54) is 19.4 Å². The Morgan fingerprint density at radius 2 is 1.95 bits per heavy atom. The first kappa shape index (κ1) is 19.1. The Labute approximate surface area is 139 Å². The number of hydrogen-bond acceptors (Lipinski definition) is 4. The standard InChI is InChI=1S/C15H29N3OS.ClH/c1-12-4-3-8-18(12)13-5-9-17(10-6-13)15(19)14(16)7-11-20-2;/h12-14H,3-11,16H2,1-2H3;1H. The van der Waals surface area contributed by atoms with Crippen LogP contribution >= 0.6 is 24.2 Å². The summed E-state index contributed by atoms with van der Waals surface area (Å²) in [5.41, 5.74) is 6.00. The number of piperidine rings is 1. The van der Waals surface area contributed by atoms with Crippen molar-refractivity contribution in [2.45, 2.75) is 57.2 Å². The van der Waals surface area contributed by atoms with E-state index in [-0.39, 0.29) is 24.4 Å². The van der Waals surface area contributed by atoms with E-state index < -0.39 is 0 Å². The van der Waals surface area contributed by atoms with Crippen molar-refractivity contribution >= 4 is 30.1 Å². The molecule has 2 fully saturated rings. The van der Waals surface area contributed by atoms with Crippen LogP contribution in [0.3, 0.4) is 0 Å². The molecule has 21 heavy (non-hydrogen) atoms. The van der Waals surface area contributed by atoms with Gasteiger partial charge in [0.05, 0.1) is 6.04 Å². The number of likely N-dealkylation sites (tertiary alicyclic amines) is 2. The third-order valence-corrected chi connectivity index (χ3v) is 5.44. The molecule has 0 aromatic rings. The van der Waals surface area contributed by atoms with Crippen LogP contribution in [-0.2, 0) is 4.79 Å². The summed E-state index contributed by atoms with van der Waals surface area (Å²) in [4.78, 5) is 16.9. The summed E-state index contributed by atoms with van der Waals surface area (Å²) in [5.74, 6) is 1.13. The van der Waals surface area contributed by atoms with Crippen LogP contribution in [0.4, 0.5) is 0 Å². The number of rotatable bonds is 5. The second kappa shape index (κ2) is 9.23. The first-order valence-corrected chi connectivity index (χ1v) is 9.32. The average Bonchev–Trinajstić information content (AvgIpc) is 2.90. The lowest BCUT2D eigenvalue weighted by Crippen LogP contribution is -2.51. The molecule has 2 N–H and O–H groups in total. The van der Waals surface area contributed by atoms with Gasteiger partial charge >= 0.3 is 0 Å². The Bertz CT molecular complexity index is 324. The van der Waals surface area contributed by atoms with Gasteiger partial charge in [0.25, 0.3) is 0 Å². The maximum Gasteiger partial charge on any atom is 0.239 e. The highest BCUT2D eigenvalue weighted by molar-refractivity contribution is 7.98. The van der Waals surface area contributed by atoms with Crippen molar-refractivity contribution < 1.29 is 4.79 Å².